The van der Waals surface area contributed by atoms with Crippen LogP contribution in [-0.4, -0.2) is 19.7 Å². The van der Waals surface area contributed by atoms with Crippen molar-refractivity contribution in [2.24, 2.45) is 0 Å². The largest absolute Gasteiger partial charge is 0.457 e. The summed E-state index contributed by atoms with van der Waals surface area (Å²) in [5.74, 6) is -0.0455. The summed E-state index contributed by atoms with van der Waals surface area (Å²) in [7, 11) is 1.71. The number of carbonyl (C=O) groups is 1. The molecule has 1 saturated heterocycles. The molecule has 1 aliphatic rings. The highest BCUT2D eigenvalue weighted by Gasteiger charge is 2.38. The maximum absolute atomic E-state index is 12.0. The summed E-state index contributed by atoms with van der Waals surface area (Å²) < 4.78 is 11.0. The molecule has 0 saturated carbocycles. The second-order valence-electron chi connectivity index (χ2n) is 6.02. The number of aryl methyl sites for hydroxylation is 1. The molecule has 3 nitrogen and oxygen atoms in total. The van der Waals surface area contributed by atoms with E-state index in [1.165, 1.54) is 11.1 Å². The van der Waals surface area contributed by atoms with Gasteiger partial charge in [0, 0.05) is 13.0 Å². The van der Waals surface area contributed by atoms with Crippen LogP contribution in [0.3, 0.4) is 0 Å². The molecule has 1 fully saturated rings. The van der Waals surface area contributed by atoms with Gasteiger partial charge in [-0.3, -0.25) is 4.79 Å². The first-order chi connectivity index (χ1) is 11.2. The van der Waals surface area contributed by atoms with Gasteiger partial charge in [0.1, 0.15) is 6.10 Å². The SMILES string of the molecule is COCCc1cccc(C)c1[C@H]1OC(=O)C[C@@H]1c1ccccc1. The van der Waals surface area contributed by atoms with E-state index in [4.69, 9.17) is 9.47 Å². The van der Waals surface area contributed by atoms with Gasteiger partial charge in [0.25, 0.3) is 0 Å². The predicted molar refractivity (Wildman–Crippen MR) is 89.4 cm³/mol. The number of cyclic esters (lactones) is 1. The Labute approximate surface area is 137 Å². The molecule has 0 unspecified atom stereocenters. The van der Waals surface area contributed by atoms with Crippen LogP contribution in [0.15, 0.2) is 48.5 Å². The van der Waals surface area contributed by atoms with Crippen LogP contribution in [0.1, 0.15) is 40.7 Å². The summed E-state index contributed by atoms with van der Waals surface area (Å²) in [6, 6.07) is 16.4. The summed E-state index contributed by atoms with van der Waals surface area (Å²) in [6.45, 7) is 2.74. The van der Waals surface area contributed by atoms with Crippen molar-refractivity contribution in [3.8, 4) is 0 Å². The standard InChI is InChI=1S/C20H22O3/c1-14-7-6-10-16(11-12-22-2)19(14)20-17(13-18(21)23-20)15-8-4-3-5-9-15/h3-10,17,20H,11-13H2,1-2H3/t17-,20+/m1/s1. The van der Waals surface area contributed by atoms with Crippen molar-refractivity contribution in [1.82, 2.24) is 0 Å². The lowest BCUT2D eigenvalue weighted by Gasteiger charge is -2.23. The second-order valence-corrected chi connectivity index (χ2v) is 6.02. The molecule has 0 aromatic heterocycles. The molecule has 120 valence electrons. The molecule has 2 atom stereocenters. The minimum absolute atomic E-state index is 0.0751. The average molecular weight is 310 g/mol. The molecule has 0 aliphatic carbocycles. The average Bonchev–Trinajstić information content (AvgIpc) is 2.95. The van der Waals surface area contributed by atoms with Crippen molar-refractivity contribution in [2.45, 2.75) is 31.8 Å². The van der Waals surface area contributed by atoms with Gasteiger partial charge in [0.2, 0.25) is 0 Å². The van der Waals surface area contributed by atoms with Crippen molar-refractivity contribution in [1.29, 1.82) is 0 Å². The van der Waals surface area contributed by atoms with Crippen molar-refractivity contribution in [3.05, 3.63) is 70.8 Å². The van der Waals surface area contributed by atoms with Gasteiger partial charge in [-0.1, -0.05) is 48.5 Å². The molecule has 23 heavy (non-hydrogen) atoms. The van der Waals surface area contributed by atoms with E-state index in [1.807, 2.05) is 18.2 Å². The minimum atomic E-state index is -0.210. The number of benzene rings is 2. The molecule has 0 spiro atoms. The molecule has 3 rings (SSSR count). The van der Waals surface area contributed by atoms with E-state index in [-0.39, 0.29) is 18.0 Å². The van der Waals surface area contributed by atoms with E-state index in [1.54, 1.807) is 7.11 Å². The topological polar surface area (TPSA) is 35.5 Å². The molecule has 0 radical (unpaired) electrons. The Morgan fingerprint density at radius 2 is 1.91 bits per heavy atom. The summed E-state index contributed by atoms with van der Waals surface area (Å²) in [6.07, 6.45) is 1.05. The van der Waals surface area contributed by atoms with E-state index >= 15 is 0 Å². The first kappa shape index (κ1) is 15.8. The number of ether oxygens (including phenoxy) is 2. The minimum Gasteiger partial charge on any atom is -0.457 e. The van der Waals surface area contributed by atoms with Crippen LogP contribution < -0.4 is 0 Å². The van der Waals surface area contributed by atoms with Crippen LogP contribution in [0, 0.1) is 6.92 Å². The monoisotopic (exact) mass is 310 g/mol. The molecule has 0 amide bonds. The highest BCUT2D eigenvalue weighted by atomic mass is 16.5. The zero-order chi connectivity index (χ0) is 16.2. The third kappa shape index (κ3) is 3.30. The van der Waals surface area contributed by atoms with E-state index in [0.29, 0.717) is 13.0 Å². The first-order valence-electron chi connectivity index (χ1n) is 8.02. The fourth-order valence-electron chi connectivity index (χ4n) is 3.39. The van der Waals surface area contributed by atoms with Crippen LogP contribution in [0.2, 0.25) is 0 Å². The second kappa shape index (κ2) is 6.97. The summed E-state index contributed by atoms with van der Waals surface area (Å²) in [5.41, 5.74) is 4.67. The van der Waals surface area contributed by atoms with Crippen LogP contribution in [0.4, 0.5) is 0 Å². The van der Waals surface area contributed by atoms with Gasteiger partial charge in [0.15, 0.2) is 0 Å². The van der Waals surface area contributed by atoms with E-state index in [0.717, 1.165) is 17.5 Å². The molecule has 3 heteroatoms. The lowest BCUT2D eigenvalue weighted by Crippen LogP contribution is -2.12. The van der Waals surface area contributed by atoms with Crippen molar-refractivity contribution in [2.75, 3.05) is 13.7 Å². The smallest absolute Gasteiger partial charge is 0.307 e. The maximum Gasteiger partial charge on any atom is 0.307 e. The Bertz CT molecular complexity index is 679. The normalized spacial score (nSPS) is 20.5. The number of methoxy groups -OCH3 is 1. The Balaban J connectivity index is 2.00. The Hall–Kier alpha value is -2.13. The molecule has 1 heterocycles. The van der Waals surface area contributed by atoms with Gasteiger partial charge in [-0.2, -0.15) is 0 Å². The molecule has 2 aromatic rings. The molecule has 1 aliphatic heterocycles. The number of hydrogen-bond acceptors (Lipinski definition) is 3. The van der Waals surface area contributed by atoms with Gasteiger partial charge in [-0.25, -0.2) is 0 Å². The van der Waals surface area contributed by atoms with E-state index in [9.17, 15) is 4.79 Å². The molecule has 0 N–H and O–H groups in total. The van der Waals surface area contributed by atoms with Crippen LogP contribution in [-0.2, 0) is 20.7 Å². The maximum atomic E-state index is 12.0. The number of rotatable bonds is 5. The third-order valence-electron chi connectivity index (χ3n) is 4.51. The Kier molecular flexibility index (Phi) is 4.77. The Morgan fingerprint density at radius 3 is 2.65 bits per heavy atom. The Morgan fingerprint density at radius 1 is 1.13 bits per heavy atom. The fourth-order valence-corrected chi connectivity index (χ4v) is 3.39. The van der Waals surface area contributed by atoms with Crippen LogP contribution in [0.25, 0.3) is 0 Å². The summed E-state index contributed by atoms with van der Waals surface area (Å²) in [4.78, 5) is 12.0. The van der Waals surface area contributed by atoms with E-state index in [2.05, 4.69) is 37.3 Å². The highest BCUT2D eigenvalue weighted by molar-refractivity contribution is 5.74. The van der Waals surface area contributed by atoms with Gasteiger partial charge < -0.3 is 9.47 Å². The predicted octanol–water partition coefficient (Wildman–Crippen LogP) is 3.96. The molecule has 2 aromatic carbocycles. The lowest BCUT2D eigenvalue weighted by molar-refractivity contribution is -0.141. The summed E-state index contributed by atoms with van der Waals surface area (Å²) in [5, 5.41) is 0. The zero-order valence-corrected chi connectivity index (χ0v) is 13.6. The number of hydrogen-bond donors (Lipinski definition) is 0. The van der Waals surface area contributed by atoms with Gasteiger partial charge in [-0.05, 0) is 35.6 Å². The van der Waals surface area contributed by atoms with Crippen molar-refractivity contribution < 1.29 is 14.3 Å². The van der Waals surface area contributed by atoms with Crippen molar-refractivity contribution >= 4 is 5.97 Å². The number of esters is 1. The first-order valence-corrected chi connectivity index (χ1v) is 8.02. The molecular weight excluding hydrogens is 288 g/mol. The quantitative estimate of drug-likeness (QED) is 0.784. The number of carbonyl (C=O) groups excluding carboxylic acids is 1. The van der Waals surface area contributed by atoms with Gasteiger partial charge >= 0.3 is 5.97 Å². The molecular formula is C20H22O3. The van der Waals surface area contributed by atoms with Gasteiger partial charge in [0.05, 0.1) is 13.0 Å². The third-order valence-corrected chi connectivity index (χ3v) is 4.51. The highest BCUT2D eigenvalue weighted by Crippen LogP contribution is 2.44. The van der Waals surface area contributed by atoms with Crippen molar-refractivity contribution in [3.63, 3.8) is 0 Å². The van der Waals surface area contributed by atoms with Crippen LogP contribution in [0.5, 0.6) is 0 Å². The lowest BCUT2D eigenvalue weighted by atomic mass is 9.84. The summed E-state index contributed by atoms with van der Waals surface area (Å²) >= 11 is 0. The van der Waals surface area contributed by atoms with E-state index < -0.39 is 0 Å². The van der Waals surface area contributed by atoms with Gasteiger partial charge in [-0.15, -0.1) is 0 Å². The zero-order valence-electron chi connectivity index (χ0n) is 13.6. The fraction of sp³-hybridized carbons (Fsp3) is 0.350. The van der Waals surface area contributed by atoms with Crippen LogP contribution >= 0.6 is 0 Å². The molecule has 0 bridgehead atoms.